The maximum absolute atomic E-state index is 4.63. The maximum atomic E-state index is 4.63. The van der Waals surface area contributed by atoms with Crippen molar-refractivity contribution in [2.45, 2.75) is 45.7 Å². The number of hydrogen-bond acceptors (Lipinski definition) is 3. The molecule has 100 valence electrons. The van der Waals surface area contributed by atoms with Gasteiger partial charge >= 0.3 is 0 Å². The average Bonchev–Trinajstić information content (AvgIpc) is 2.39. The lowest BCUT2D eigenvalue weighted by Crippen LogP contribution is -2.46. The lowest BCUT2D eigenvalue weighted by atomic mass is 10.1. The van der Waals surface area contributed by atoms with Gasteiger partial charge in [-0.05, 0) is 51.4 Å². The summed E-state index contributed by atoms with van der Waals surface area (Å²) in [5.41, 5.74) is 2.32. The van der Waals surface area contributed by atoms with Crippen molar-refractivity contribution in [3.63, 3.8) is 0 Å². The summed E-state index contributed by atoms with van der Waals surface area (Å²) in [6, 6.07) is 7.00. The second kappa shape index (κ2) is 6.86. The molecule has 1 aromatic rings. The Balaban J connectivity index is 2.00. The third-order valence-corrected chi connectivity index (χ3v) is 3.61. The van der Waals surface area contributed by atoms with Gasteiger partial charge in [0.05, 0.1) is 5.69 Å². The number of nitrogens with zero attached hydrogens (tertiary/aromatic N) is 2. The Morgan fingerprint density at radius 3 is 3.00 bits per heavy atom. The number of aromatic nitrogens is 1. The molecule has 0 spiro atoms. The summed E-state index contributed by atoms with van der Waals surface area (Å²) in [5, 5.41) is 3.51. The molecule has 0 radical (unpaired) electrons. The van der Waals surface area contributed by atoms with E-state index in [2.05, 4.69) is 47.2 Å². The number of aryl methyl sites for hydroxylation is 1. The monoisotopic (exact) mass is 247 g/mol. The Bertz CT molecular complexity index is 359. The third-order valence-electron chi connectivity index (χ3n) is 3.61. The van der Waals surface area contributed by atoms with E-state index in [0.717, 1.165) is 18.8 Å². The van der Waals surface area contributed by atoms with E-state index in [1.807, 2.05) is 0 Å². The van der Waals surface area contributed by atoms with E-state index in [1.54, 1.807) is 0 Å². The molecule has 1 saturated heterocycles. The van der Waals surface area contributed by atoms with Gasteiger partial charge in [-0.25, -0.2) is 0 Å². The first-order valence-electron chi connectivity index (χ1n) is 7.17. The van der Waals surface area contributed by atoms with Crippen molar-refractivity contribution >= 4 is 0 Å². The zero-order valence-corrected chi connectivity index (χ0v) is 11.7. The second-order valence-corrected chi connectivity index (χ2v) is 5.24. The normalized spacial score (nSPS) is 20.3. The van der Waals surface area contributed by atoms with Crippen LogP contribution in [0.1, 0.15) is 37.6 Å². The summed E-state index contributed by atoms with van der Waals surface area (Å²) >= 11 is 0. The van der Waals surface area contributed by atoms with Crippen LogP contribution in [0.25, 0.3) is 0 Å². The van der Waals surface area contributed by atoms with Gasteiger partial charge in [0.1, 0.15) is 0 Å². The van der Waals surface area contributed by atoms with Crippen molar-refractivity contribution in [1.82, 2.24) is 15.2 Å². The molecule has 2 heterocycles. The molecule has 3 nitrogen and oxygen atoms in total. The van der Waals surface area contributed by atoms with Crippen LogP contribution in [0.2, 0.25) is 0 Å². The van der Waals surface area contributed by atoms with Crippen molar-refractivity contribution in [3.8, 4) is 0 Å². The highest BCUT2D eigenvalue weighted by molar-refractivity contribution is 5.10. The van der Waals surface area contributed by atoms with Gasteiger partial charge in [-0.1, -0.05) is 13.0 Å². The van der Waals surface area contributed by atoms with E-state index in [0.29, 0.717) is 6.04 Å². The molecule has 3 heteroatoms. The third kappa shape index (κ3) is 3.79. The largest absolute Gasteiger partial charge is 0.315 e. The van der Waals surface area contributed by atoms with Crippen molar-refractivity contribution in [3.05, 3.63) is 29.6 Å². The van der Waals surface area contributed by atoms with Crippen LogP contribution in [0.3, 0.4) is 0 Å². The minimum atomic E-state index is 0.681. The van der Waals surface area contributed by atoms with Gasteiger partial charge in [0, 0.05) is 24.8 Å². The fourth-order valence-corrected chi connectivity index (χ4v) is 2.72. The fourth-order valence-electron chi connectivity index (χ4n) is 2.72. The van der Waals surface area contributed by atoms with Gasteiger partial charge in [0.25, 0.3) is 0 Å². The predicted octanol–water partition coefficient (Wildman–Crippen LogP) is 2.35. The summed E-state index contributed by atoms with van der Waals surface area (Å²) in [6.45, 7) is 8.79. The van der Waals surface area contributed by atoms with Crippen LogP contribution in [0.5, 0.6) is 0 Å². The molecule has 1 atom stereocenters. The molecule has 1 aliphatic heterocycles. The average molecular weight is 247 g/mol. The molecule has 0 bridgehead atoms. The van der Waals surface area contributed by atoms with E-state index >= 15 is 0 Å². The maximum Gasteiger partial charge on any atom is 0.0547 e. The number of hydrogen-bond donors (Lipinski definition) is 1. The molecule has 1 aliphatic rings. The lowest BCUT2D eigenvalue weighted by Gasteiger charge is -2.34. The Morgan fingerprint density at radius 1 is 1.44 bits per heavy atom. The molecule has 1 aromatic heterocycles. The van der Waals surface area contributed by atoms with Crippen LogP contribution in [-0.2, 0) is 6.54 Å². The van der Waals surface area contributed by atoms with Crippen LogP contribution >= 0.6 is 0 Å². The second-order valence-electron chi connectivity index (χ2n) is 5.24. The predicted molar refractivity (Wildman–Crippen MR) is 75.6 cm³/mol. The van der Waals surface area contributed by atoms with Gasteiger partial charge < -0.3 is 5.32 Å². The van der Waals surface area contributed by atoms with Crippen LogP contribution < -0.4 is 5.32 Å². The lowest BCUT2D eigenvalue weighted by molar-refractivity contribution is 0.156. The van der Waals surface area contributed by atoms with Crippen molar-refractivity contribution in [2.24, 2.45) is 0 Å². The van der Waals surface area contributed by atoms with E-state index in [9.17, 15) is 0 Å². The summed E-state index contributed by atoms with van der Waals surface area (Å²) in [4.78, 5) is 7.22. The van der Waals surface area contributed by atoms with Crippen LogP contribution in [0, 0.1) is 6.92 Å². The highest BCUT2D eigenvalue weighted by Gasteiger charge is 2.20. The first-order chi connectivity index (χ1) is 8.79. The number of piperidine rings is 1. The Morgan fingerprint density at radius 2 is 2.33 bits per heavy atom. The fraction of sp³-hybridized carbons (Fsp3) is 0.667. The zero-order chi connectivity index (χ0) is 12.8. The first-order valence-corrected chi connectivity index (χ1v) is 7.17. The summed E-state index contributed by atoms with van der Waals surface area (Å²) in [7, 11) is 0. The van der Waals surface area contributed by atoms with Gasteiger partial charge in [-0.3, -0.25) is 9.88 Å². The Labute approximate surface area is 111 Å². The molecule has 0 aliphatic carbocycles. The van der Waals surface area contributed by atoms with E-state index in [1.165, 1.54) is 38.0 Å². The summed E-state index contributed by atoms with van der Waals surface area (Å²) in [5.74, 6) is 0. The molecule has 1 fully saturated rings. The minimum absolute atomic E-state index is 0.681. The topological polar surface area (TPSA) is 28.2 Å². The molecule has 18 heavy (non-hydrogen) atoms. The number of rotatable bonds is 5. The Kier molecular flexibility index (Phi) is 5.14. The first kappa shape index (κ1) is 13.5. The van der Waals surface area contributed by atoms with E-state index in [4.69, 9.17) is 0 Å². The molecule has 1 unspecified atom stereocenters. The molecule has 0 saturated carbocycles. The van der Waals surface area contributed by atoms with Crippen molar-refractivity contribution in [1.29, 1.82) is 0 Å². The summed E-state index contributed by atoms with van der Waals surface area (Å²) in [6.07, 6.45) is 3.83. The highest BCUT2D eigenvalue weighted by Crippen LogP contribution is 2.14. The molecule has 0 aromatic carbocycles. The van der Waals surface area contributed by atoms with Crippen LogP contribution in [0.15, 0.2) is 18.2 Å². The number of pyridine rings is 1. The number of nitrogens with one attached hydrogen (secondary N) is 1. The van der Waals surface area contributed by atoms with Gasteiger partial charge in [0.15, 0.2) is 0 Å². The van der Waals surface area contributed by atoms with E-state index in [-0.39, 0.29) is 0 Å². The molecule has 0 amide bonds. The smallest absolute Gasteiger partial charge is 0.0547 e. The van der Waals surface area contributed by atoms with Crippen molar-refractivity contribution in [2.75, 3.05) is 19.6 Å². The molecule has 2 rings (SSSR count). The summed E-state index contributed by atoms with van der Waals surface area (Å²) < 4.78 is 0. The Hall–Kier alpha value is -0.930. The minimum Gasteiger partial charge on any atom is -0.315 e. The quantitative estimate of drug-likeness (QED) is 0.865. The molecule has 1 N–H and O–H groups in total. The van der Waals surface area contributed by atoms with Crippen molar-refractivity contribution < 1.29 is 0 Å². The van der Waals surface area contributed by atoms with Gasteiger partial charge in [-0.15, -0.1) is 0 Å². The van der Waals surface area contributed by atoms with E-state index < -0.39 is 0 Å². The zero-order valence-electron chi connectivity index (χ0n) is 11.7. The van der Waals surface area contributed by atoms with Gasteiger partial charge in [-0.2, -0.15) is 0 Å². The standard InChI is InChI=1S/C15H25N3/c1-3-10-18(15-8-5-9-16-11-15)12-14-7-4-6-13(2)17-14/h4,6-7,15-16H,3,5,8-12H2,1-2H3. The molecular formula is C15H25N3. The molecular weight excluding hydrogens is 222 g/mol. The van der Waals surface area contributed by atoms with Crippen LogP contribution in [-0.4, -0.2) is 35.6 Å². The van der Waals surface area contributed by atoms with Crippen LogP contribution in [0.4, 0.5) is 0 Å². The SMILES string of the molecule is CCCN(Cc1cccc(C)n1)C1CCCNC1. The highest BCUT2D eigenvalue weighted by atomic mass is 15.2. The van der Waals surface area contributed by atoms with Gasteiger partial charge in [0.2, 0.25) is 0 Å².